The van der Waals surface area contributed by atoms with Crippen molar-refractivity contribution in [2.75, 3.05) is 25.0 Å². The first-order chi connectivity index (χ1) is 14.8. The van der Waals surface area contributed by atoms with Crippen LogP contribution in [0.2, 0.25) is 5.02 Å². The lowest BCUT2D eigenvalue weighted by molar-refractivity contribution is -0.126. The molecule has 0 spiro atoms. The molecule has 1 aliphatic rings. The molecule has 0 saturated carbocycles. The highest BCUT2D eigenvalue weighted by molar-refractivity contribution is 6.30. The van der Waals surface area contributed by atoms with Crippen molar-refractivity contribution < 1.29 is 14.4 Å². The zero-order valence-electron chi connectivity index (χ0n) is 17.9. The number of piperidine rings is 1. The minimum Gasteiger partial charge on any atom is -0.356 e. The van der Waals surface area contributed by atoms with Crippen LogP contribution in [0.3, 0.4) is 0 Å². The molecule has 0 unspecified atom stereocenters. The van der Waals surface area contributed by atoms with Gasteiger partial charge in [-0.2, -0.15) is 0 Å². The number of anilines is 1. The second kappa shape index (κ2) is 10.4. The Kier molecular flexibility index (Phi) is 7.69. The van der Waals surface area contributed by atoms with E-state index in [1.807, 2.05) is 0 Å². The van der Waals surface area contributed by atoms with Crippen molar-refractivity contribution >= 4 is 35.0 Å². The number of nitrogens with zero attached hydrogens (tertiary/aromatic N) is 1. The maximum atomic E-state index is 12.9. The number of hydrogen-bond acceptors (Lipinski definition) is 3. The molecule has 2 N–H and O–H groups in total. The molecule has 2 aromatic rings. The van der Waals surface area contributed by atoms with Gasteiger partial charge in [0, 0.05) is 41.5 Å². The molecule has 0 aliphatic carbocycles. The van der Waals surface area contributed by atoms with Gasteiger partial charge in [-0.1, -0.05) is 25.4 Å². The second-order valence-corrected chi connectivity index (χ2v) is 8.70. The molecule has 1 heterocycles. The van der Waals surface area contributed by atoms with Crippen LogP contribution < -0.4 is 10.6 Å². The number of amides is 3. The van der Waals surface area contributed by atoms with Crippen LogP contribution in [0, 0.1) is 11.8 Å². The molecule has 6 nitrogen and oxygen atoms in total. The van der Waals surface area contributed by atoms with Crippen LogP contribution in [-0.4, -0.2) is 42.3 Å². The molecule has 3 amide bonds. The van der Waals surface area contributed by atoms with Crippen molar-refractivity contribution in [3.63, 3.8) is 0 Å². The number of halogens is 1. The van der Waals surface area contributed by atoms with Crippen LogP contribution in [0.5, 0.6) is 0 Å². The lowest BCUT2D eigenvalue weighted by Gasteiger charge is -2.32. The van der Waals surface area contributed by atoms with Crippen molar-refractivity contribution in [3.8, 4) is 0 Å². The maximum Gasteiger partial charge on any atom is 0.255 e. The number of carbonyl (C=O) groups is 3. The molecule has 0 aromatic heterocycles. The van der Waals surface area contributed by atoms with Gasteiger partial charge in [-0.15, -0.1) is 0 Å². The monoisotopic (exact) mass is 441 g/mol. The van der Waals surface area contributed by atoms with Gasteiger partial charge in [-0.3, -0.25) is 14.4 Å². The zero-order valence-corrected chi connectivity index (χ0v) is 18.6. The van der Waals surface area contributed by atoms with Crippen LogP contribution in [0.4, 0.5) is 5.69 Å². The number of hydrogen-bond donors (Lipinski definition) is 2. The van der Waals surface area contributed by atoms with Crippen molar-refractivity contribution in [1.29, 1.82) is 0 Å². The lowest BCUT2D eigenvalue weighted by Crippen LogP contribution is -2.46. The van der Waals surface area contributed by atoms with E-state index in [4.69, 9.17) is 11.6 Å². The van der Waals surface area contributed by atoms with Gasteiger partial charge in [0.05, 0.1) is 5.92 Å². The first-order valence-electron chi connectivity index (χ1n) is 10.6. The molecular weight excluding hydrogens is 414 g/mol. The first-order valence-corrected chi connectivity index (χ1v) is 10.9. The second-order valence-electron chi connectivity index (χ2n) is 8.27. The Labute approximate surface area is 188 Å². The highest BCUT2D eigenvalue weighted by atomic mass is 35.5. The Morgan fingerprint density at radius 2 is 1.68 bits per heavy atom. The molecule has 1 aliphatic heterocycles. The summed E-state index contributed by atoms with van der Waals surface area (Å²) in [4.78, 5) is 39.4. The zero-order chi connectivity index (χ0) is 22.4. The molecule has 0 radical (unpaired) electrons. The van der Waals surface area contributed by atoms with Gasteiger partial charge in [0.25, 0.3) is 11.8 Å². The smallest absolute Gasteiger partial charge is 0.255 e. The largest absolute Gasteiger partial charge is 0.356 e. The fourth-order valence-corrected chi connectivity index (χ4v) is 3.63. The van der Waals surface area contributed by atoms with Crippen LogP contribution >= 0.6 is 11.6 Å². The Balaban J connectivity index is 1.58. The van der Waals surface area contributed by atoms with Crippen molar-refractivity contribution in [2.24, 2.45) is 11.8 Å². The Morgan fingerprint density at radius 1 is 1.03 bits per heavy atom. The van der Waals surface area contributed by atoms with E-state index in [1.54, 1.807) is 53.4 Å². The van der Waals surface area contributed by atoms with Crippen LogP contribution in [0.15, 0.2) is 48.5 Å². The molecule has 1 atom stereocenters. The summed E-state index contributed by atoms with van der Waals surface area (Å²) in [5.41, 5.74) is 1.63. The minimum absolute atomic E-state index is 0.0199. The predicted molar refractivity (Wildman–Crippen MR) is 122 cm³/mol. The van der Waals surface area contributed by atoms with Crippen LogP contribution in [-0.2, 0) is 4.79 Å². The van der Waals surface area contributed by atoms with Crippen LogP contribution in [0.25, 0.3) is 0 Å². The van der Waals surface area contributed by atoms with Gasteiger partial charge in [0.1, 0.15) is 0 Å². The van der Waals surface area contributed by atoms with Crippen molar-refractivity contribution in [1.82, 2.24) is 10.2 Å². The van der Waals surface area contributed by atoms with E-state index in [0.717, 1.165) is 12.8 Å². The summed E-state index contributed by atoms with van der Waals surface area (Å²) in [6, 6.07) is 13.4. The molecule has 7 heteroatoms. The van der Waals surface area contributed by atoms with Crippen molar-refractivity contribution in [3.05, 3.63) is 64.7 Å². The molecule has 2 aromatic carbocycles. The third-order valence-electron chi connectivity index (χ3n) is 5.26. The third kappa shape index (κ3) is 6.31. The topological polar surface area (TPSA) is 78.5 Å². The lowest BCUT2D eigenvalue weighted by atomic mass is 9.96. The summed E-state index contributed by atoms with van der Waals surface area (Å²) >= 11 is 5.85. The van der Waals surface area contributed by atoms with Crippen molar-refractivity contribution in [2.45, 2.75) is 26.7 Å². The van der Waals surface area contributed by atoms with E-state index in [2.05, 4.69) is 24.5 Å². The summed E-state index contributed by atoms with van der Waals surface area (Å²) in [5.74, 6) is -0.108. The summed E-state index contributed by atoms with van der Waals surface area (Å²) in [6.45, 7) is 5.82. The summed E-state index contributed by atoms with van der Waals surface area (Å²) in [5, 5.41) is 6.34. The van der Waals surface area contributed by atoms with E-state index in [0.29, 0.717) is 47.4 Å². The molecular formula is C24H28ClN3O3. The summed E-state index contributed by atoms with van der Waals surface area (Å²) in [7, 11) is 0. The maximum absolute atomic E-state index is 12.9. The highest BCUT2D eigenvalue weighted by Gasteiger charge is 2.28. The minimum atomic E-state index is -0.248. The summed E-state index contributed by atoms with van der Waals surface area (Å²) in [6.07, 6.45) is 1.60. The fraction of sp³-hybridized carbons (Fsp3) is 0.375. The average molecular weight is 442 g/mol. The number of nitrogens with one attached hydrogen (secondary N) is 2. The molecule has 3 rings (SSSR count). The standard InChI is InChI=1S/C24H28ClN3O3/c1-16(2)14-26-22(29)19-4-3-13-28(15-19)24(31)18-7-11-21(12-8-18)27-23(30)17-5-9-20(25)10-6-17/h5-12,16,19H,3-4,13-15H2,1-2H3,(H,26,29)(H,27,30)/t19-/m1/s1. The average Bonchev–Trinajstić information content (AvgIpc) is 2.78. The molecule has 1 fully saturated rings. The normalized spacial score (nSPS) is 16.1. The molecule has 31 heavy (non-hydrogen) atoms. The third-order valence-corrected chi connectivity index (χ3v) is 5.51. The molecule has 164 valence electrons. The molecule has 0 bridgehead atoms. The van der Waals surface area contributed by atoms with Gasteiger partial charge < -0.3 is 15.5 Å². The van der Waals surface area contributed by atoms with Gasteiger partial charge in [-0.05, 0) is 67.3 Å². The van der Waals surface area contributed by atoms with Gasteiger partial charge >= 0.3 is 0 Å². The number of likely N-dealkylation sites (tertiary alicyclic amines) is 1. The van der Waals surface area contributed by atoms with Gasteiger partial charge in [0.15, 0.2) is 0 Å². The number of carbonyl (C=O) groups excluding carboxylic acids is 3. The SMILES string of the molecule is CC(C)CNC(=O)[C@@H]1CCCN(C(=O)c2ccc(NC(=O)c3ccc(Cl)cc3)cc2)C1. The van der Waals surface area contributed by atoms with E-state index < -0.39 is 0 Å². The summed E-state index contributed by atoms with van der Waals surface area (Å²) < 4.78 is 0. The molecule has 1 saturated heterocycles. The van der Waals surface area contributed by atoms with E-state index in [9.17, 15) is 14.4 Å². The highest BCUT2D eigenvalue weighted by Crippen LogP contribution is 2.20. The van der Waals surface area contributed by atoms with Gasteiger partial charge in [0.2, 0.25) is 5.91 Å². The number of benzene rings is 2. The number of rotatable bonds is 6. The van der Waals surface area contributed by atoms with Gasteiger partial charge in [-0.25, -0.2) is 0 Å². The fourth-order valence-electron chi connectivity index (χ4n) is 3.51. The Bertz CT molecular complexity index is 926. The van der Waals surface area contributed by atoms with Crippen LogP contribution in [0.1, 0.15) is 47.4 Å². The Hall–Kier alpha value is -2.86. The van der Waals surface area contributed by atoms with E-state index >= 15 is 0 Å². The first kappa shape index (κ1) is 22.8. The van der Waals surface area contributed by atoms with E-state index in [1.165, 1.54) is 0 Å². The predicted octanol–water partition coefficient (Wildman–Crippen LogP) is 4.22. The Morgan fingerprint density at radius 3 is 2.32 bits per heavy atom. The quantitative estimate of drug-likeness (QED) is 0.704. The van der Waals surface area contributed by atoms with E-state index in [-0.39, 0.29) is 23.6 Å².